The van der Waals surface area contributed by atoms with Gasteiger partial charge in [-0.05, 0) is 103 Å². The van der Waals surface area contributed by atoms with Gasteiger partial charge in [0.25, 0.3) is 0 Å². The fourth-order valence-electron chi connectivity index (χ4n) is 10.1. The van der Waals surface area contributed by atoms with Crippen molar-refractivity contribution in [2.24, 2.45) is 23.7 Å². The van der Waals surface area contributed by atoms with Crippen LogP contribution in [0.1, 0.15) is 43.2 Å². The average Bonchev–Trinajstić information content (AvgIpc) is 3.13. The van der Waals surface area contributed by atoms with Crippen molar-refractivity contribution in [3.8, 4) is 34.2 Å². The summed E-state index contributed by atoms with van der Waals surface area (Å²) in [6.45, 7) is 0. The summed E-state index contributed by atoms with van der Waals surface area (Å²) < 4.78 is 0. The van der Waals surface area contributed by atoms with Crippen molar-refractivity contribution in [2.45, 2.75) is 37.5 Å². The molecule has 5 aliphatic rings. The van der Waals surface area contributed by atoms with E-state index in [4.69, 9.17) is 15.0 Å². The van der Waals surface area contributed by atoms with Crippen LogP contribution in [0.15, 0.2) is 133 Å². The van der Waals surface area contributed by atoms with Crippen LogP contribution in [-0.4, -0.2) is 15.0 Å². The lowest BCUT2D eigenvalue weighted by atomic mass is 9.41. The Morgan fingerprint density at radius 3 is 1.30 bits per heavy atom. The molecule has 5 aromatic carbocycles. The number of hydrogen-bond donors (Lipinski definition) is 0. The number of nitrogens with zero attached hydrogens (tertiary/aromatic N) is 4. The quantitative estimate of drug-likeness (QED) is 0.200. The van der Waals surface area contributed by atoms with Crippen LogP contribution in [0, 0.1) is 23.7 Å². The molecule has 4 fully saturated rings. The van der Waals surface area contributed by atoms with Gasteiger partial charge in [0.05, 0.1) is 11.4 Å². The Balaban J connectivity index is 1.09. The molecule has 1 aromatic heterocycles. The van der Waals surface area contributed by atoms with E-state index in [1.165, 1.54) is 54.6 Å². The highest BCUT2D eigenvalue weighted by molar-refractivity contribution is 5.87. The monoisotopic (exact) mass is 608 g/mol. The Labute approximate surface area is 276 Å². The van der Waals surface area contributed by atoms with E-state index < -0.39 is 0 Å². The van der Waals surface area contributed by atoms with Crippen molar-refractivity contribution in [3.05, 3.63) is 145 Å². The molecule has 0 unspecified atom stereocenters. The van der Waals surface area contributed by atoms with E-state index in [9.17, 15) is 0 Å². The molecule has 0 N–H and O–H groups in total. The Morgan fingerprint density at radius 1 is 0.426 bits per heavy atom. The first-order valence-corrected chi connectivity index (χ1v) is 17.2. The van der Waals surface area contributed by atoms with Gasteiger partial charge >= 0.3 is 0 Å². The molecular weight excluding hydrogens is 573 g/mol. The molecule has 0 radical (unpaired) electrons. The zero-order valence-corrected chi connectivity index (χ0v) is 26.3. The third kappa shape index (κ3) is 4.10. The standard InChI is InChI=1S/C43H36N4/c1-3-11-30(12-4-1)40-44-41(31-13-5-2-6-14-31)46-42(45-40)32-19-21-35(22-20-32)47-38-17-9-7-15-36(38)43(37-16-8-10-18-39(37)47)33-24-28-23-29(26-33)27-34(43)25-28/h1-22,28-29,33-34H,23-27H2. The second kappa shape index (κ2) is 10.5. The highest BCUT2D eigenvalue weighted by Crippen LogP contribution is 2.69. The summed E-state index contributed by atoms with van der Waals surface area (Å²) in [5.74, 6) is 5.34. The summed E-state index contributed by atoms with van der Waals surface area (Å²) >= 11 is 0. The minimum absolute atomic E-state index is 0.115. The predicted octanol–water partition coefficient (Wildman–Crippen LogP) is 10.4. The minimum atomic E-state index is 0.115. The number of aromatic nitrogens is 3. The fourth-order valence-corrected chi connectivity index (χ4v) is 10.1. The van der Waals surface area contributed by atoms with Crippen LogP contribution < -0.4 is 4.90 Å². The molecule has 2 heterocycles. The van der Waals surface area contributed by atoms with Crippen molar-refractivity contribution in [1.29, 1.82) is 0 Å². The summed E-state index contributed by atoms with van der Waals surface area (Å²) in [5, 5.41) is 0. The maximum atomic E-state index is 4.98. The van der Waals surface area contributed by atoms with Gasteiger partial charge in [0, 0.05) is 27.8 Å². The summed E-state index contributed by atoms with van der Waals surface area (Å²) in [7, 11) is 0. The molecule has 0 atom stereocenters. The number of anilines is 3. The molecule has 1 aliphatic heterocycles. The third-order valence-electron chi connectivity index (χ3n) is 11.7. The topological polar surface area (TPSA) is 41.9 Å². The van der Waals surface area contributed by atoms with E-state index in [-0.39, 0.29) is 5.41 Å². The van der Waals surface area contributed by atoms with E-state index in [0.29, 0.717) is 17.5 Å². The molecule has 4 bridgehead atoms. The number of hydrogen-bond acceptors (Lipinski definition) is 4. The summed E-state index contributed by atoms with van der Waals surface area (Å²) in [6, 6.07) is 47.8. The lowest BCUT2D eigenvalue weighted by Gasteiger charge is -2.64. The van der Waals surface area contributed by atoms with Gasteiger partial charge in [-0.2, -0.15) is 0 Å². The van der Waals surface area contributed by atoms with Gasteiger partial charge in [-0.25, -0.2) is 15.0 Å². The first kappa shape index (κ1) is 27.1. The smallest absolute Gasteiger partial charge is 0.164 e. The van der Waals surface area contributed by atoms with Crippen molar-refractivity contribution in [2.75, 3.05) is 4.90 Å². The molecular formula is C43H36N4. The highest BCUT2D eigenvalue weighted by atomic mass is 15.2. The lowest BCUT2D eigenvalue weighted by Crippen LogP contribution is -2.57. The van der Waals surface area contributed by atoms with Crippen LogP contribution in [0.3, 0.4) is 0 Å². The Hall–Kier alpha value is -5.09. The van der Waals surface area contributed by atoms with Crippen LogP contribution >= 0.6 is 0 Å². The maximum absolute atomic E-state index is 4.98. The zero-order valence-electron chi connectivity index (χ0n) is 26.3. The summed E-state index contributed by atoms with van der Waals surface area (Å²) in [6.07, 6.45) is 6.99. The first-order valence-electron chi connectivity index (χ1n) is 17.2. The van der Waals surface area contributed by atoms with Crippen LogP contribution in [0.25, 0.3) is 34.2 Å². The predicted molar refractivity (Wildman–Crippen MR) is 189 cm³/mol. The number of benzene rings is 5. The molecule has 6 aromatic rings. The summed E-state index contributed by atoms with van der Waals surface area (Å²) in [4.78, 5) is 17.3. The molecule has 1 spiro atoms. The highest BCUT2D eigenvalue weighted by Gasteiger charge is 2.61. The van der Waals surface area contributed by atoms with Crippen molar-refractivity contribution in [1.82, 2.24) is 15.0 Å². The Morgan fingerprint density at radius 2 is 0.830 bits per heavy atom. The molecule has 228 valence electrons. The SMILES string of the molecule is c1ccc(-c2nc(-c3ccccc3)nc(-c3ccc(N4c5ccccc5C5(c6ccccc64)C4CC6CC(C4)CC5C6)cc3)n2)cc1. The maximum Gasteiger partial charge on any atom is 0.164 e. The number of rotatable bonds is 4. The molecule has 4 nitrogen and oxygen atoms in total. The fraction of sp³-hybridized carbons (Fsp3) is 0.233. The molecule has 4 aliphatic carbocycles. The average molecular weight is 609 g/mol. The van der Waals surface area contributed by atoms with Crippen LogP contribution in [0.4, 0.5) is 17.1 Å². The van der Waals surface area contributed by atoms with Gasteiger partial charge in [0.15, 0.2) is 17.5 Å². The minimum Gasteiger partial charge on any atom is -0.310 e. The van der Waals surface area contributed by atoms with Crippen molar-refractivity contribution < 1.29 is 0 Å². The van der Waals surface area contributed by atoms with Gasteiger partial charge < -0.3 is 4.90 Å². The van der Waals surface area contributed by atoms with Crippen molar-refractivity contribution in [3.63, 3.8) is 0 Å². The van der Waals surface area contributed by atoms with E-state index in [2.05, 4.69) is 102 Å². The van der Waals surface area contributed by atoms with Gasteiger partial charge in [0.1, 0.15) is 0 Å². The first-order chi connectivity index (χ1) is 23.3. The Kier molecular flexibility index (Phi) is 6.03. The van der Waals surface area contributed by atoms with Gasteiger partial charge in [-0.3, -0.25) is 0 Å². The summed E-state index contributed by atoms with van der Waals surface area (Å²) in [5.41, 5.74) is 9.95. The number of para-hydroxylation sites is 2. The molecule has 11 rings (SSSR count). The van der Waals surface area contributed by atoms with E-state index in [1.807, 2.05) is 36.4 Å². The largest absolute Gasteiger partial charge is 0.310 e. The van der Waals surface area contributed by atoms with Gasteiger partial charge in [-0.1, -0.05) is 97.1 Å². The molecule has 4 heteroatoms. The van der Waals surface area contributed by atoms with Crippen LogP contribution in [0.5, 0.6) is 0 Å². The van der Waals surface area contributed by atoms with E-state index in [1.54, 1.807) is 0 Å². The molecule has 0 saturated heterocycles. The molecule has 47 heavy (non-hydrogen) atoms. The van der Waals surface area contributed by atoms with Crippen molar-refractivity contribution >= 4 is 17.1 Å². The number of fused-ring (bicyclic) bond motifs is 2. The molecule has 4 saturated carbocycles. The van der Waals surface area contributed by atoms with E-state index in [0.717, 1.165) is 46.0 Å². The van der Waals surface area contributed by atoms with Gasteiger partial charge in [-0.15, -0.1) is 0 Å². The zero-order chi connectivity index (χ0) is 31.0. The third-order valence-corrected chi connectivity index (χ3v) is 11.7. The lowest BCUT2D eigenvalue weighted by molar-refractivity contribution is -0.0419. The van der Waals surface area contributed by atoms with Crippen LogP contribution in [-0.2, 0) is 5.41 Å². The van der Waals surface area contributed by atoms with Gasteiger partial charge in [0.2, 0.25) is 0 Å². The van der Waals surface area contributed by atoms with Crippen LogP contribution in [0.2, 0.25) is 0 Å². The normalized spacial score (nSPS) is 23.0. The second-order valence-corrected chi connectivity index (χ2v) is 14.1. The second-order valence-electron chi connectivity index (χ2n) is 14.1. The Bertz CT molecular complexity index is 1970. The van der Waals surface area contributed by atoms with E-state index >= 15 is 0 Å². The molecule has 0 amide bonds.